The van der Waals surface area contributed by atoms with Gasteiger partial charge in [-0.1, -0.05) is 0 Å². The molecule has 0 aliphatic heterocycles. The molecule has 0 aromatic carbocycles. The van der Waals surface area contributed by atoms with E-state index in [2.05, 4.69) is 20.3 Å². The van der Waals surface area contributed by atoms with E-state index in [0.29, 0.717) is 6.54 Å². The zero-order valence-corrected chi connectivity index (χ0v) is 10.4. The van der Waals surface area contributed by atoms with Gasteiger partial charge in [0.2, 0.25) is 0 Å². The minimum absolute atomic E-state index is 0.675. The molecule has 2 aromatic heterocycles. The lowest BCUT2D eigenvalue weighted by atomic mass is 10.4. The van der Waals surface area contributed by atoms with E-state index in [0.717, 1.165) is 30.3 Å². The van der Waals surface area contributed by atoms with Gasteiger partial charge < -0.3 is 20.9 Å². The van der Waals surface area contributed by atoms with E-state index in [4.69, 9.17) is 5.73 Å². The zero-order chi connectivity index (χ0) is 12.8. The molecule has 0 fully saturated rings. The van der Waals surface area contributed by atoms with Crippen molar-refractivity contribution < 1.29 is 0 Å². The summed E-state index contributed by atoms with van der Waals surface area (Å²) in [5.74, 6) is 1.66. The van der Waals surface area contributed by atoms with E-state index in [1.54, 1.807) is 6.33 Å². The van der Waals surface area contributed by atoms with Crippen LogP contribution in [0.25, 0.3) is 0 Å². The first-order valence-corrected chi connectivity index (χ1v) is 5.94. The molecule has 0 saturated heterocycles. The normalized spacial score (nSPS) is 10.3. The lowest BCUT2D eigenvalue weighted by molar-refractivity contribution is 0.868. The average molecular weight is 246 g/mol. The van der Waals surface area contributed by atoms with E-state index in [1.807, 2.05) is 36.5 Å². The van der Waals surface area contributed by atoms with Crippen molar-refractivity contribution in [3.8, 4) is 0 Å². The summed E-state index contributed by atoms with van der Waals surface area (Å²) in [6.07, 6.45) is 6.29. The molecule has 6 heteroatoms. The maximum Gasteiger partial charge on any atom is 0.138 e. The molecule has 96 valence electrons. The van der Waals surface area contributed by atoms with E-state index < -0.39 is 0 Å². The minimum atomic E-state index is 0.675. The fourth-order valence-electron chi connectivity index (χ4n) is 1.60. The Bertz CT molecular complexity index is 467. The maximum absolute atomic E-state index is 5.45. The second-order valence-electron chi connectivity index (χ2n) is 3.96. The van der Waals surface area contributed by atoms with Gasteiger partial charge in [0, 0.05) is 32.1 Å². The highest BCUT2D eigenvalue weighted by Crippen LogP contribution is 2.21. The lowest BCUT2D eigenvalue weighted by Crippen LogP contribution is -2.13. The number of hydrogen-bond acceptors (Lipinski definition) is 5. The van der Waals surface area contributed by atoms with Crippen LogP contribution < -0.4 is 16.0 Å². The van der Waals surface area contributed by atoms with Crippen LogP contribution in [0.15, 0.2) is 30.9 Å². The Labute approximate surface area is 106 Å². The number of aromatic nitrogens is 3. The second-order valence-corrected chi connectivity index (χ2v) is 3.96. The van der Waals surface area contributed by atoms with Gasteiger partial charge in [-0.2, -0.15) is 0 Å². The number of H-pyrrole nitrogens is 1. The Kier molecular flexibility index (Phi) is 4.14. The lowest BCUT2D eigenvalue weighted by Gasteiger charge is -2.16. The van der Waals surface area contributed by atoms with E-state index in [-0.39, 0.29) is 0 Å². The van der Waals surface area contributed by atoms with Crippen molar-refractivity contribution in [1.29, 1.82) is 0 Å². The summed E-state index contributed by atoms with van der Waals surface area (Å²) in [6.45, 7) is 1.50. The third-order valence-corrected chi connectivity index (χ3v) is 2.65. The fourth-order valence-corrected chi connectivity index (χ4v) is 1.60. The summed E-state index contributed by atoms with van der Waals surface area (Å²) in [4.78, 5) is 13.5. The largest absolute Gasteiger partial charge is 0.370 e. The van der Waals surface area contributed by atoms with Gasteiger partial charge in [0.15, 0.2) is 0 Å². The minimum Gasteiger partial charge on any atom is -0.370 e. The monoisotopic (exact) mass is 246 g/mol. The van der Waals surface area contributed by atoms with Crippen molar-refractivity contribution >= 4 is 17.3 Å². The summed E-state index contributed by atoms with van der Waals surface area (Å²) >= 11 is 0. The molecule has 0 spiro atoms. The number of nitrogens with one attached hydrogen (secondary N) is 2. The van der Waals surface area contributed by atoms with Crippen LogP contribution in [-0.4, -0.2) is 35.1 Å². The molecular weight excluding hydrogens is 228 g/mol. The topological polar surface area (TPSA) is 82.9 Å². The molecule has 2 rings (SSSR count). The Morgan fingerprint density at radius 2 is 2.33 bits per heavy atom. The summed E-state index contributed by atoms with van der Waals surface area (Å²) in [6, 6.07) is 3.91. The van der Waals surface area contributed by atoms with E-state index >= 15 is 0 Å². The second kappa shape index (κ2) is 6.02. The van der Waals surface area contributed by atoms with Crippen molar-refractivity contribution in [3.63, 3.8) is 0 Å². The zero-order valence-electron chi connectivity index (χ0n) is 10.4. The number of rotatable bonds is 6. The molecule has 0 bridgehead atoms. The number of nitrogens with zero attached hydrogens (tertiary/aromatic N) is 3. The van der Waals surface area contributed by atoms with Crippen molar-refractivity contribution in [2.24, 2.45) is 5.73 Å². The van der Waals surface area contributed by atoms with Crippen LogP contribution in [0.5, 0.6) is 0 Å². The third-order valence-electron chi connectivity index (χ3n) is 2.65. The Morgan fingerprint density at radius 3 is 3.06 bits per heavy atom. The molecule has 6 nitrogen and oxygen atoms in total. The highest BCUT2D eigenvalue weighted by Gasteiger charge is 2.06. The van der Waals surface area contributed by atoms with Gasteiger partial charge in [-0.3, -0.25) is 0 Å². The van der Waals surface area contributed by atoms with Gasteiger partial charge in [0.1, 0.15) is 18.0 Å². The molecule has 0 radical (unpaired) electrons. The van der Waals surface area contributed by atoms with Crippen molar-refractivity contribution in [3.05, 3.63) is 30.9 Å². The highest BCUT2D eigenvalue weighted by atomic mass is 15.2. The number of hydrogen-bond donors (Lipinski definition) is 3. The first-order valence-electron chi connectivity index (χ1n) is 5.94. The Hall–Kier alpha value is -2.08. The van der Waals surface area contributed by atoms with Crippen LogP contribution in [0.2, 0.25) is 0 Å². The molecule has 2 aromatic rings. The molecule has 18 heavy (non-hydrogen) atoms. The first kappa shape index (κ1) is 12.4. The molecule has 0 aliphatic carbocycles. The van der Waals surface area contributed by atoms with Crippen LogP contribution in [-0.2, 0) is 0 Å². The van der Waals surface area contributed by atoms with Crippen molar-refractivity contribution in [2.45, 2.75) is 6.42 Å². The summed E-state index contributed by atoms with van der Waals surface area (Å²) in [7, 11) is 1.97. The maximum atomic E-state index is 5.45. The molecule has 0 atom stereocenters. The predicted molar refractivity (Wildman–Crippen MR) is 73.0 cm³/mol. The molecule has 0 saturated carbocycles. The van der Waals surface area contributed by atoms with Crippen molar-refractivity contribution in [2.75, 3.05) is 30.4 Å². The number of nitrogens with two attached hydrogens (primary N) is 1. The fraction of sp³-hybridized carbons (Fsp3) is 0.333. The summed E-state index contributed by atoms with van der Waals surface area (Å²) < 4.78 is 0. The van der Waals surface area contributed by atoms with Crippen LogP contribution in [0.3, 0.4) is 0 Å². The molecular formula is C12H18N6. The van der Waals surface area contributed by atoms with Gasteiger partial charge >= 0.3 is 0 Å². The van der Waals surface area contributed by atoms with E-state index in [9.17, 15) is 0 Å². The highest BCUT2D eigenvalue weighted by molar-refractivity contribution is 5.60. The van der Waals surface area contributed by atoms with Gasteiger partial charge in [0.05, 0.1) is 5.69 Å². The van der Waals surface area contributed by atoms with Gasteiger partial charge in [-0.15, -0.1) is 0 Å². The van der Waals surface area contributed by atoms with Crippen LogP contribution in [0.1, 0.15) is 6.42 Å². The average Bonchev–Trinajstić information content (AvgIpc) is 2.92. The smallest absolute Gasteiger partial charge is 0.138 e. The molecule has 0 unspecified atom stereocenters. The van der Waals surface area contributed by atoms with Crippen LogP contribution >= 0.6 is 0 Å². The number of aromatic amines is 1. The van der Waals surface area contributed by atoms with Crippen LogP contribution in [0, 0.1) is 0 Å². The quantitative estimate of drug-likeness (QED) is 0.670. The molecule has 0 aliphatic rings. The van der Waals surface area contributed by atoms with Gasteiger partial charge in [0.25, 0.3) is 0 Å². The van der Waals surface area contributed by atoms with Crippen LogP contribution in [0.4, 0.5) is 17.3 Å². The Morgan fingerprint density at radius 1 is 1.44 bits per heavy atom. The van der Waals surface area contributed by atoms with E-state index in [1.165, 1.54) is 0 Å². The number of anilines is 3. The van der Waals surface area contributed by atoms with Crippen molar-refractivity contribution in [1.82, 2.24) is 15.0 Å². The predicted octanol–water partition coefficient (Wildman–Crippen LogP) is 1.33. The standard InChI is InChI=1S/C12H18N6/c1-18(10-3-6-14-8-10)12-7-11(16-9-17-12)15-5-2-4-13/h3,6-9,14H,2,4-5,13H2,1H3,(H,15,16,17). The SMILES string of the molecule is CN(c1cc[nH]c1)c1cc(NCCCN)ncn1. The Balaban J connectivity index is 2.07. The molecule has 4 N–H and O–H groups in total. The summed E-state index contributed by atoms with van der Waals surface area (Å²) in [5, 5.41) is 3.22. The third kappa shape index (κ3) is 2.98. The first-order chi connectivity index (χ1) is 8.81. The molecule has 0 amide bonds. The van der Waals surface area contributed by atoms with Gasteiger partial charge in [-0.25, -0.2) is 9.97 Å². The molecule has 2 heterocycles. The van der Waals surface area contributed by atoms with Gasteiger partial charge in [-0.05, 0) is 19.0 Å². The summed E-state index contributed by atoms with van der Waals surface area (Å²) in [5.41, 5.74) is 6.51.